The number of ketones is 1. The van der Waals surface area contributed by atoms with Crippen molar-refractivity contribution in [2.75, 3.05) is 0 Å². The summed E-state index contributed by atoms with van der Waals surface area (Å²) < 4.78 is 0. The second-order valence-electron chi connectivity index (χ2n) is 3.31. The van der Waals surface area contributed by atoms with E-state index in [1.807, 2.05) is 13.0 Å². The lowest BCUT2D eigenvalue weighted by Gasteiger charge is -1.95. The van der Waals surface area contributed by atoms with Gasteiger partial charge in [0.05, 0.1) is 0 Å². The summed E-state index contributed by atoms with van der Waals surface area (Å²) in [5, 5.41) is 8.28. The maximum Gasteiger partial charge on any atom is 0.328 e. The number of unbranched alkanes of at least 4 members (excludes halogenated alkanes) is 1. The molecule has 0 radical (unpaired) electrons. The van der Waals surface area contributed by atoms with E-state index in [9.17, 15) is 9.59 Å². The van der Waals surface area contributed by atoms with E-state index in [-0.39, 0.29) is 0 Å². The normalized spacial score (nSPS) is 11.3. The summed E-state index contributed by atoms with van der Waals surface area (Å²) >= 11 is 0. The second-order valence-corrected chi connectivity index (χ2v) is 3.31. The summed E-state index contributed by atoms with van der Waals surface area (Å²) in [6.45, 7) is 1.99. The van der Waals surface area contributed by atoms with Crippen molar-refractivity contribution in [2.45, 2.75) is 39.0 Å². The number of carbonyl (C=O) groups excluding carboxylic acids is 1. The molecule has 0 heterocycles. The molecule has 0 aromatic carbocycles. The molecule has 0 aliphatic carbocycles. The topological polar surface area (TPSA) is 54.4 Å². The van der Waals surface area contributed by atoms with Gasteiger partial charge in [0, 0.05) is 18.9 Å². The van der Waals surface area contributed by atoms with Gasteiger partial charge < -0.3 is 5.11 Å². The highest BCUT2D eigenvalue weighted by molar-refractivity contribution is 5.80. The van der Waals surface area contributed by atoms with Crippen LogP contribution in [0.3, 0.4) is 0 Å². The number of allylic oxidation sites excluding steroid dienone is 3. The summed E-state index contributed by atoms with van der Waals surface area (Å²) in [6.07, 6.45) is 10.0. The number of hydrogen-bond donors (Lipinski definition) is 1. The van der Waals surface area contributed by atoms with Crippen molar-refractivity contribution in [2.24, 2.45) is 0 Å². The van der Waals surface area contributed by atoms with Crippen LogP contribution in [0.5, 0.6) is 0 Å². The van der Waals surface area contributed by atoms with Crippen molar-refractivity contribution in [3.8, 4) is 0 Å². The molecule has 0 amide bonds. The van der Waals surface area contributed by atoms with Crippen LogP contribution < -0.4 is 0 Å². The number of carbonyl (C=O) groups is 2. The molecule has 0 bridgehead atoms. The molecule has 1 N–H and O–H groups in total. The highest BCUT2D eigenvalue weighted by Gasteiger charge is 1.97. The van der Waals surface area contributed by atoms with Crippen molar-refractivity contribution >= 4 is 11.8 Å². The molecule has 0 spiro atoms. The minimum absolute atomic E-state index is 0.312. The molecule has 0 aliphatic rings. The van der Waals surface area contributed by atoms with Gasteiger partial charge in [-0.25, -0.2) is 4.79 Å². The van der Waals surface area contributed by atoms with Crippen LogP contribution in [0, 0.1) is 0 Å². The Bertz CT molecular complexity index is 252. The first-order valence-electron chi connectivity index (χ1n) is 5.24. The van der Waals surface area contributed by atoms with E-state index in [1.165, 1.54) is 6.08 Å². The highest BCUT2D eigenvalue weighted by atomic mass is 16.4. The minimum Gasteiger partial charge on any atom is -0.478 e. The van der Waals surface area contributed by atoms with Gasteiger partial charge in [0.15, 0.2) is 0 Å². The lowest BCUT2D eigenvalue weighted by Crippen LogP contribution is -1.95. The summed E-state index contributed by atoms with van der Waals surface area (Å²) in [5.74, 6) is -0.634. The Morgan fingerprint density at radius 2 is 1.93 bits per heavy atom. The molecule has 15 heavy (non-hydrogen) atoms. The average Bonchev–Trinajstić information content (AvgIpc) is 2.16. The number of carboxylic acids is 1. The molecule has 0 fully saturated rings. The Hall–Kier alpha value is -1.38. The fraction of sp³-hybridized carbons (Fsp3) is 0.500. The molecule has 0 rings (SSSR count). The molecule has 0 aliphatic heterocycles. The van der Waals surface area contributed by atoms with Gasteiger partial charge in [-0.3, -0.25) is 4.79 Å². The SMILES string of the molecule is CCCC(=O)CCC/C=C/C=C\C(=O)O. The predicted octanol–water partition coefficient (Wildman–Crippen LogP) is 2.72. The fourth-order valence-electron chi connectivity index (χ4n) is 1.13. The molecule has 0 aromatic heterocycles. The Balaban J connectivity index is 3.46. The van der Waals surface area contributed by atoms with Gasteiger partial charge in [0.2, 0.25) is 0 Å². The first-order chi connectivity index (χ1) is 7.16. The molecule has 0 unspecified atom stereocenters. The smallest absolute Gasteiger partial charge is 0.328 e. The van der Waals surface area contributed by atoms with Gasteiger partial charge >= 0.3 is 5.97 Å². The van der Waals surface area contributed by atoms with Gasteiger partial charge in [0.1, 0.15) is 5.78 Å². The van der Waals surface area contributed by atoms with Crippen LogP contribution in [0.2, 0.25) is 0 Å². The molecule has 0 aromatic rings. The fourth-order valence-corrected chi connectivity index (χ4v) is 1.13. The molecule has 0 saturated carbocycles. The van der Waals surface area contributed by atoms with E-state index in [4.69, 9.17) is 5.11 Å². The maximum atomic E-state index is 11.1. The molecule has 0 atom stereocenters. The second kappa shape index (κ2) is 9.19. The van der Waals surface area contributed by atoms with Crippen molar-refractivity contribution in [1.82, 2.24) is 0 Å². The lowest BCUT2D eigenvalue weighted by atomic mass is 10.1. The van der Waals surface area contributed by atoms with E-state index < -0.39 is 5.97 Å². The van der Waals surface area contributed by atoms with Crippen LogP contribution in [-0.2, 0) is 9.59 Å². The Morgan fingerprint density at radius 3 is 2.53 bits per heavy atom. The average molecular weight is 210 g/mol. The molecular formula is C12H18O3. The summed E-state index contributed by atoms with van der Waals surface area (Å²) in [5.41, 5.74) is 0. The van der Waals surface area contributed by atoms with Crippen LogP contribution in [0.1, 0.15) is 39.0 Å². The minimum atomic E-state index is -0.947. The summed E-state index contributed by atoms with van der Waals surface area (Å²) in [6, 6.07) is 0. The zero-order valence-corrected chi connectivity index (χ0v) is 9.11. The van der Waals surface area contributed by atoms with E-state index in [0.29, 0.717) is 18.6 Å². The molecular weight excluding hydrogens is 192 g/mol. The largest absolute Gasteiger partial charge is 0.478 e. The molecule has 84 valence electrons. The van der Waals surface area contributed by atoms with E-state index in [2.05, 4.69) is 0 Å². The van der Waals surface area contributed by atoms with Crippen molar-refractivity contribution in [3.63, 3.8) is 0 Å². The Kier molecular flexibility index (Phi) is 8.34. The van der Waals surface area contributed by atoms with E-state index >= 15 is 0 Å². The quantitative estimate of drug-likeness (QED) is 0.380. The van der Waals surface area contributed by atoms with Crippen LogP contribution in [0.4, 0.5) is 0 Å². The number of hydrogen-bond acceptors (Lipinski definition) is 2. The monoisotopic (exact) mass is 210 g/mol. The van der Waals surface area contributed by atoms with E-state index in [1.54, 1.807) is 6.08 Å². The number of Topliss-reactive ketones (excluding diaryl/α,β-unsaturated/α-hetero) is 1. The van der Waals surface area contributed by atoms with Gasteiger partial charge in [-0.05, 0) is 19.3 Å². The number of aliphatic carboxylic acids is 1. The molecule has 3 heteroatoms. The van der Waals surface area contributed by atoms with Crippen LogP contribution in [-0.4, -0.2) is 16.9 Å². The third-order valence-corrected chi connectivity index (χ3v) is 1.84. The number of carboxylic acid groups (broad SMARTS) is 1. The first kappa shape index (κ1) is 13.6. The highest BCUT2D eigenvalue weighted by Crippen LogP contribution is 2.02. The van der Waals surface area contributed by atoms with Crippen LogP contribution in [0.25, 0.3) is 0 Å². The lowest BCUT2D eigenvalue weighted by molar-refractivity contribution is -0.131. The zero-order valence-electron chi connectivity index (χ0n) is 9.11. The third-order valence-electron chi connectivity index (χ3n) is 1.84. The maximum absolute atomic E-state index is 11.1. The van der Waals surface area contributed by atoms with E-state index in [0.717, 1.165) is 25.3 Å². The first-order valence-corrected chi connectivity index (χ1v) is 5.24. The van der Waals surface area contributed by atoms with Crippen LogP contribution >= 0.6 is 0 Å². The third kappa shape index (κ3) is 10.5. The number of rotatable bonds is 8. The van der Waals surface area contributed by atoms with Crippen molar-refractivity contribution < 1.29 is 14.7 Å². The van der Waals surface area contributed by atoms with Gasteiger partial charge in [-0.1, -0.05) is 25.2 Å². The Morgan fingerprint density at radius 1 is 1.20 bits per heavy atom. The van der Waals surface area contributed by atoms with Gasteiger partial charge in [0.25, 0.3) is 0 Å². The summed E-state index contributed by atoms with van der Waals surface area (Å²) in [4.78, 5) is 21.2. The van der Waals surface area contributed by atoms with Crippen LogP contribution in [0.15, 0.2) is 24.3 Å². The van der Waals surface area contributed by atoms with Gasteiger partial charge in [-0.2, -0.15) is 0 Å². The van der Waals surface area contributed by atoms with Crippen molar-refractivity contribution in [3.05, 3.63) is 24.3 Å². The predicted molar refractivity (Wildman–Crippen MR) is 59.7 cm³/mol. The van der Waals surface area contributed by atoms with Crippen molar-refractivity contribution in [1.29, 1.82) is 0 Å². The van der Waals surface area contributed by atoms with Gasteiger partial charge in [-0.15, -0.1) is 0 Å². The molecule has 0 saturated heterocycles. The Labute approximate surface area is 90.5 Å². The summed E-state index contributed by atoms with van der Waals surface area (Å²) in [7, 11) is 0. The standard InChI is InChI=1S/C12H18O3/c1-2-8-11(13)9-6-4-3-5-7-10-12(14)15/h3,5,7,10H,2,4,6,8-9H2,1H3,(H,14,15)/b5-3+,10-7-. The zero-order chi connectivity index (χ0) is 11.5. The molecule has 3 nitrogen and oxygen atoms in total.